The number of hydrogen-bond acceptors (Lipinski definition) is 7. The molecule has 2 aromatic heterocycles. The Balaban J connectivity index is 1.20. The van der Waals surface area contributed by atoms with Crippen LogP contribution >= 0.6 is 16.2 Å². The van der Waals surface area contributed by atoms with Crippen LogP contribution in [0.15, 0.2) is 155 Å². The third-order valence-electron chi connectivity index (χ3n) is 11.0. The van der Waals surface area contributed by atoms with Crippen molar-refractivity contribution in [2.75, 3.05) is 0 Å². The largest absolute Gasteiger partial charge is 0.415 e. The van der Waals surface area contributed by atoms with Crippen LogP contribution in [0.2, 0.25) is 0 Å². The van der Waals surface area contributed by atoms with Gasteiger partial charge in [-0.05, 0) is 80.2 Å². The number of nitrogens with one attached hydrogen (secondary N) is 1. The first-order valence-corrected chi connectivity index (χ1v) is 22.5. The van der Waals surface area contributed by atoms with Crippen molar-refractivity contribution in [3.05, 3.63) is 145 Å². The van der Waals surface area contributed by atoms with E-state index in [9.17, 15) is 0 Å². The Hall–Kier alpha value is -6.10. The van der Waals surface area contributed by atoms with Crippen molar-refractivity contribution >= 4 is 115 Å². The van der Waals surface area contributed by atoms with Gasteiger partial charge in [0.05, 0.1) is 13.2 Å². The fraction of sp³-hybridized carbons (Fsp3) is 0.160. The monoisotopic (exact) mass is 812 g/mol. The lowest BCUT2D eigenvalue weighted by Crippen LogP contribution is -1.97. The summed E-state index contributed by atoms with van der Waals surface area (Å²) in [6.07, 6.45) is 5.14. The van der Waals surface area contributed by atoms with Crippen LogP contribution < -0.4 is 0 Å². The molecule has 1 N–H and O–H groups in total. The first-order chi connectivity index (χ1) is 29.1. The number of hydrogen-bond donors (Lipinski definition) is 1. The fourth-order valence-corrected chi connectivity index (χ4v) is 10.7. The van der Waals surface area contributed by atoms with E-state index in [1.807, 2.05) is 18.3 Å². The van der Waals surface area contributed by atoms with Gasteiger partial charge in [0.25, 0.3) is 8.01 Å². The van der Waals surface area contributed by atoms with Crippen LogP contribution in [-0.4, -0.2) is 11.7 Å². The van der Waals surface area contributed by atoms with Crippen LogP contribution in [-0.2, 0) is 18.0 Å². The van der Waals surface area contributed by atoms with E-state index >= 15 is 0 Å². The number of benzene rings is 8. The van der Waals surface area contributed by atoms with E-state index in [-0.39, 0.29) is 13.2 Å². The summed E-state index contributed by atoms with van der Waals surface area (Å²) >= 11 is 0. The van der Waals surface area contributed by atoms with Crippen molar-refractivity contribution in [3.63, 3.8) is 0 Å². The van der Waals surface area contributed by atoms with E-state index in [4.69, 9.17) is 31.7 Å². The molecule has 10 rings (SSSR count). The third-order valence-corrected chi connectivity index (χ3v) is 13.4. The second-order valence-electron chi connectivity index (χ2n) is 14.9. The molecule has 2 unspecified atom stereocenters. The number of ether oxygens (including phenoxy) is 1. The molecule has 0 saturated carbocycles. The van der Waals surface area contributed by atoms with Crippen LogP contribution in [0.5, 0.6) is 0 Å². The first-order valence-electron chi connectivity index (χ1n) is 20.2. The molecule has 10 aromatic rings. The molecule has 0 radical (unpaired) electrons. The molecule has 0 fully saturated rings. The Morgan fingerprint density at radius 3 is 1.59 bits per heavy atom. The van der Waals surface area contributed by atoms with Gasteiger partial charge >= 0.3 is 8.16 Å². The van der Waals surface area contributed by atoms with Gasteiger partial charge in [-0.2, -0.15) is 4.76 Å². The average Bonchev–Trinajstić information content (AvgIpc) is 3.56. The second kappa shape index (κ2) is 15.9. The van der Waals surface area contributed by atoms with Gasteiger partial charge in [-0.25, -0.2) is 0 Å². The molecule has 2 atom stereocenters. The van der Waals surface area contributed by atoms with Crippen molar-refractivity contribution < 1.29 is 21.5 Å². The van der Waals surface area contributed by atoms with E-state index in [0.717, 1.165) is 112 Å². The summed E-state index contributed by atoms with van der Waals surface area (Å²) in [5.41, 5.74) is 5.14. The quantitative estimate of drug-likeness (QED) is 0.139. The molecule has 59 heavy (non-hydrogen) atoms. The fourth-order valence-electron chi connectivity index (χ4n) is 8.25. The molecule has 0 saturated heterocycles. The normalized spacial score (nSPS) is 12.6. The van der Waals surface area contributed by atoms with Gasteiger partial charge in [-0.3, -0.25) is 5.41 Å². The molecule has 7 nitrogen and oxygen atoms in total. The van der Waals surface area contributed by atoms with Crippen LogP contribution in [0.25, 0.3) is 87.0 Å². The first kappa shape index (κ1) is 37.2. The highest BCUT2D eigenvalue weighted by molar-refractivity contribution is 7.57. The third kappa shape index (κ3) is 6.80. The molecule has 2 heterocycles. The van der Waals surface area contributed by atoms with E-state index in [2.05, 4.69) is 135 Å². The minimum atomic E-state index is -1.72. The summed E-state index contributed by atoms with van der Waals surface area (Å²) in [6, 6.07) is 46.3. The predicted molar refractivity (Wildman–Crippen MR) is 248 cm³/mol. The molecular formula is C50H42N2O5P2. The predicted octanol–water partition coefficient (Wildman–Crippen LogP) is 16.5. The number of unbranched alkanes of at least 4 members (excludes halogenated alkanes) is 1. The van der Waals surface area contributed by atoms with Crippen molar-refractivity contribution in [1.82, 2.24) is 0 Å². The average molecular weight is 813 g/mol. The molecule has 9 heteroatoms. The van der Waals surface area contributed by atoms with E-state index < -0.39 is 16.2 Å². The van der Waals surface area contributed by atoms with Gasteiger partial charge < -0.3 is 21.5 Å². The van der Waals surface area contributed by atoms with Gasteiger partial charge in [-0.15, -0.1) is 0 Å². The summed E-state index contributed by atoms with van der Waals surface area (Å²) in [6.45, 7) is 4.72. The topological polar surface area (TPSA) is 98.0 Å². The summed E-state index contributed by atoms with van der Waals surface area (Å²) in [7, 11) is -3.41. The van der Waals surface area contributed by atoms with Gasteiger partial charge in [0, 0.05) is 38.9 Å². The van der Waals surface area contributed by atoms with Crippen LogP contribution in [0.1, 0.15) is 50.7 Å². The Kier molecular flexibility index (Phi) is 10.0. The summed E-state index contributed by atoms with van der Waals surface area (Å²) in [5.74, 6) is 0. The Bertz CT molecular complexity index is 3390. The molecule has 0 bridgehead atoms. The van der Waals surface area contributed by atoms with Gasteiger partial charge in [0.1, 0.15) is 27.8 Å². The van der Waals surface area contributed by atoms with Crippen molar-refractivity contribution in [1.29, 1.82) is 5.41 Å². The maximum atomic E-state index is 9.07. The van der Waals surface area contributed by atoms with Gasteiger partial charge in [0.15, 0.2) is 0 Å². The lowest BCUT2D eigenvalue weighted by atomic mass is 9.96. The minimum Gasteiger partial charge on any atom is -0.415 e. The highest BCUT2D eigenvalue weighted by Gasteiger charge is 2.20. The van der Waals surface area contributed by atoms with Crippen molar-refractivity contribution in [2.45, 2.75) is 52.7 Å². The SMILES string of the molecule is CCCC=Np1oc2ccc3ccccc3c2c2c(o1)c(COCc1cc3ccccc3c3c1op(C(=N)CCC)oc1ccc4ccccc4c13)cc1ccccc12. The Morgan fingerprint density at radius 2 is 1.05 bits per heavy atom. The molecule has 292 valence electrons. The summed E-state index contributed by atoms with van der Waals surface area (Å²) in [5, 5.41) is 21.6. The van der Waals surface area contributed by atoms with E-state index in [1.165, 1.54) is 0 Å². The van der Waals surface area contributed by atoms with Gasteiger partial charge in [0.2, 0.25) is 0 Å². The molecule has 0 amide bonds. The zero-order valence-corrected chi connectivity index (χ0v) is 34.7. The number of nitrogens with zero attached hydrogens (tertiary/aromatic N) is 1. The van der Waals surface area contributed by atoms with Crippen LogP contribution in [0.3, 0.4) is 0 Å². The number of fused-ring (bicyclic) bond motifs is 14. The summed E-state index contributed by atoms with van der Waals surface area (Å²) < 4.78 is 38.8. The maximum Gasteiger partial charge on any atom is 0.362 e. The molecular weight excluding hydrogens is 771 g/mol. The second-order valence-corrected chi connectivity index (χ2v) is 17.4. The van der Waals surface area contributed by atoms with Crippen molar-refractivity contribution in [3.8, 4) is 0 Å². The zero-order valence-electron chi connectivity index (χ0n) is 32.9. The molecule has 8 aromatic carbocycles. The lowest BCUT2D eigenvalue weighted by molar-refractivity contribution is 0.108. The molecule has 0 aliphatic heterocycles. The minimum absolute atomic E-state index is 0.249. The van der Waals surface area contributed by atoms with Crippen LogP contribution in [0, 0.1) is 5.41 Å². The Labute approximate surface area is 342 Å². The highest BCUT2D eigenvalue weighted by Crippen LogP contribution is 2.45. The van der Waals surface area contributed by atoms with E-state index in [0.29, 0.717) is 17.5 Å². The standard InChI is InChI=1S/C50H42N2O5P2/c1-3-5-27-52-59-55-43-26-24-33-16-7-11-20-39(33)46(43)48-41-22-13-9-18-35(41)29-37(50(48)57-59)31-53-30-36-28-34-17-8-12-21-40(34)47-45-38-19-10-6-15-32(38)23-25-42(45)54-58(56-49(36)47)44(51)14-4-2/h6-13,15-29,51H,3-5,14,30-31H2,1-2H3. The highest BCUT2D eigenvalue weighted by atomic mass is 31.1. The van der Waals surface area contributed by atoms with Gasteiger partial charge in [-0.1, -0.05) is 136 Å². The number of rotatable bonds is 10. The summed E-state index contributed by atoms with van der Waals surface area (Å²) in [4.78, 5) is 0. The van der Waals surface area contributed by atoms with Crippen LogP contribution in [0.4, 0.5) is 0 Å². The van der Waals surface area contributed by atoms with E-state index in [1.54, 1.807) is 0 Å². The molecule has 0 aliphatic carbocycles. The molecule has 0 spiro atoms. The molecule has 0 aliphatic rings. The van der Waals surface area contributed by atoms with Crippen molar-refractivity contribution in [2.24, 2.45) is 4.76 Å². The maximum absolute atomic E-state index is 9.07. The zero-order chi connectivity index (χ0) is 39.9. The Morgan fingerprint density at radius 1 is 0.559 bits per heavy atom. The lowest BCUT2D eigenvalue weighted by Gasteiger charge is -2.12. The smallest absolute Gasteiger partial charge is 0.362 e.